The van der Waals surface area contributed by atoms with Crippen LogP contribution in [0, 0.1) is 6.92 Å². The fourth-order valence-corrected chi connectivity index (χ4v) is 3.83. The zero-order chi connectivity index (χ0) is 19.5. The molecule has 0 aliphatic carbocycles. The van der Waals surface area contributed by atoms with Gasteiger partial charge in [-0.05, 0) is 24.6 Å². The van der Waals surface area contributed by atoms with E-state index in [0.29, 0.717) is 12.1 Å². The normalized spacial score (nSPS) is 15.0. The van der Waals surface area contributed by atoms with Crippen molar-refractivity contribution in [2.24, 2.45) is 0 Å². The molecule has 0 amide bonds. The van der Waals surface area contributed by atoms with E-state index < -0.39 is 0 Å². The summed E-state index contributed by atoms with van der Waals surface area (Å²) >= 11 is 0. The Morgan fingerprint density at radius 1 is 1.14 bits per heavy atom. The van der Waals surface area contributed by atoms with Crippen LogP contribution in [0.4, 0.5) is 5.95 Å². The van der Waals surface area contributed by atoms with Gasteiger partial charge in [-0.15, -0.1) is 0 Å². The Bertz CT molecular complexity index is 985. The van der Waals surface area contributed by atoms with Crippen molar-refractivity contribution in [3.63, 3.8) is 0 Å². The molecule has 0 unspecified atom stereocenters. The Morgan fingerprint density at radius 3 is 2.57 bits per heavy atom. The number of anilines is 1. The number of piperazine rings is 1. The highest BCUT2D eigenvalue weighted by molar-refractivity contribution is 5.98. The lowest BCUT2D eigenvalue weighted by atomic mass is 10.0. The highest BCUT2D eigenvalue weighted by Crippen LogP contribution is 2.23. The number of aromatic nitrogens is 3. The summed E-state index contributed by atoms with van der Waals surface area (Å²) < 4.78 is 5.06. The van der Waals surface area contributed by atoms with Crippen LogP contribution in [-0.2, 0) is 11.3 Å². The monoisotopic (exact) mass is 378 g/mol. The van der Waals surface area contributed by atoms with E-state index in [1.54, 1.807) is 12.4 Å². The first kappa shape index (κ1) is 18.3. The number of nitrogens with one attached hydrogen (secondary N) is 1. The second kappa shape index (κ2) is 7.90. The van der Waals surface area contributed by atoms with E-state index in [0.717, 1.165) is 54.3 Å². The maximum absolute atomic E-state index is 12.5. The smallest absolute Gasteiger partial charge is 0.340 e. The number of fused-ring (bicyclic) bond motifs is 1. The summed E-state index contributed by atoms with van der Waals surface area (Å²) in [4.78, 5) is 29.6. The number of methoxy groups -OCH3 is 1. The number of rotatable bonds is 4. The Morgan fingerprint density at radius 2 is 1.86 bits per heavy atom. The molecule has 1 fully saturated rings. The largest absolute Gasteiger partial charge is 0.465 e. The predicted octanol–water partition coefficient (Wildman–Crippen LogP) is 1.02. The van der Waals surface area contributed by atoms with Gasteiger partial charge in [0.05, 0.1) is 44.4 Å². The Kier molecular flexibility index (Phi) is 5.16. The van der Waals surface area contributed by atoms with Gasteiger partial charge in [0.15, 0.2) is 0 Å². The number of para-hydroxylation sites is 1. The molecule has 1 N–H and O–H groups in total. The summed E-state index contributed by atoms with van der Waals surface area (Å²) in [5.41, 5.74) is 3.26. The number of carbonyl (C=O) groups excluding carboxylic acids is 1. The number of carbonyl (C=O) groups is 1. The number of aryl methyl sites for hydroxylation is 1. The fourth-order valence-electron chi connectivity index (χ4n) is 3.83. The van der Waals surface area contributed by atoms with Gasteiger partial charge in [-0.3, -0.25) is 0 Å². The second-order valence-corrected chi connectivity index (χ2v) is 7.03. The topological polar surface area (TPSA) is 72.7 Å². The van der Waals surface area contributed by atoms with Crippen LogP contribution in [0.3, 0.4) is 0 Å². The number of benzene rings is 1. The first-order valence-corrected chi connectivity index (χ1v) is 9.49. The van der Waals surface area contributed by atoms with Crippen LogP contribution < -0.4 is 9.80 Å². The molecule has 1 aliphatic rings. The maximum Gasteiger partial charge on any atom is 0.340 e. The van der Waals surface area contributed by atoms with Crippen LogP contribution in [0.15, 0.2) is 42.7 Å². The minimum atomic E-state index is -0.318. The molecule has 0 saturated carbocycles. The van der Waals surface area contributed by atoms with E-state index in [1.165, 1.54) is 12.0 Å². The fraction of sp³-hybridized carbons (Fsp3) is 0.333. The van der Waals surface area contributed by atoms with E-state index in [2.05, 4.69) is 14.9 Å². The summed E-state index contributed by atoms with van der Waals surface area (Å²) in [6, 6.07) is 9.76. The van der Waals surface area contributed by atoms with E-state index >= 15 is 0 Å². The molecule has 2 aromatic heterocycles. The molecule has 144 valence electrons. The number of pyridine rings is 1. The molecule has 3 heterocycles. The van der Waals surface area contributed by atoms with Crippen molar-refractivity contribution in [1.82, 2.24) is 15.0 Å². The SMILES string of the molecule is COC(=O)c1c(C[NH+]2CCN(c3ncccn3)CC2)nc2ccccc2c1C. The van der Waals surface area contributed by atoms with Gasteiger partial charge < -0.3 is 14.5 Å². The Balaban J connectivity index is 1.57. The number of hydrogen-bond acceptors (Lipinski definition) is 6. The van der Waals surface area contributed by atoms with Gasteiger partial charge in [-0.1, -0.05) is 18.2 Å². The number of ether oxygens (including phenoxy) is 1. The van der Waals surface area contributed by atoms with E-state index in [9.17, 15) is 4.79 Å². The number of quaternary nitrogens is 1. The molecule has 0 radical (unpaired) electrons. The maximum atomic E-state index is 12.5. The molecule has 3 aromatic rings. The van der Waals surface area contributed by atoms with Crippen LogP contribution in [0.2, 0.25) is 0 Å². The number of nitrogens with zero attached hydrogens (tertiary/aromatic N) is 4. The highest BCUT2D eigenvalue weighted by atomic mass is 16.5. The van der Waals surface area contributed by atoms with Gasteiger partial charge in [0.25, 0.3) is 0 Å². The molecule has 4 rings (SSSR count). The van der Waals surface area contributed by atoms with E-state index in [4.69, 9.17) is 9.72 Å². The molecule has 1 saturated heterocycles. The minimum absolute atomic E-state index is 0.318. The molecule has 0 atom stereocenters. The van der Waals surface area contributed by atoms with Crippen molar-refractivity contribution < 1.29 is 14.4 Å². The molecule has 1 aromatic carbocycles. The standard InChI is InChI=1S/C21H23N5O2/c1-15-16-6-3-4-7-17(16)24-18(19(15)20(27)28-2)14-25-10-12-26(13-11-25)21-22-8-5-9-23-21/h3-9H,10-14H2,1-2H3/p+1. The van der Waals surface area contributed by atoms with Crippen molar-refractivity contribution in [3.8, 4) is 0 Å². The lowest BCUT2D eigenvalue weighted by Crippen LogP contribution is -3.13. The van der Waals surface area contributed by atoms with Crippen molar-refractivity contribution in [2.75, 3.05) is 38.2 Å². The van der Waals surface area contributed by atoms with Gasteiger partial charge in [0, 0.05) is 17.8 Å². The minimum Gasteiger partial charge on any atom is -0.465 e. The molecule has 1 aliphatic heterocycles. The lowest BCUT2D eigenvalue weighted by Gasteiger charge is -2.32. The lowest BCUT2D eigenvalue weighted by molar-refractivity contribution is -0.914. The molecular weight excluding hydrogens is 354 g/mol. The molecule has 0 spiro atoms. The van der Waals surface area contributed by atoms with Crippen molar-refractivity contribution >= 4 is 22.8 Å². The van der Waals surface area contributed by atoms with Crippen molar-refractivity contribution in [1.29, 1.82) is 0 Å². The quantitative estimate of drug-likeness (QED) is 0.684. The highest BCUT2D eigenvalue weighted by Gasteiger charge is 2.26. The first-order chi connectivity index (χ1) is 13.7. The molecule has 7 nitrogen and oxygen atoms in total. The second-order valence-electron chi connectivity index (χ2n) is 7.03. The summed E-state index contributed by atoms with van der Waals surface area (Å²) in [6.45, 7) is 6.29. The summed E-state index contributed by atoms with van der Waals surface area (Å²) in [6.07, 6.45) is 3.54. The van der Waals surface area contributed by atoms with Gasteiger partial charge >= 0.3 is 5.97 Å². The third-order valence-electron chi connectivity index (χ3n) is 5.34. The Hall–Kier alpha value is -3.06. The summed E-state index contributed by atoms with van der Waals surface area (Å²) in [5.74, 6) is 0.456. The van der Waals surface area contributed by atoms with Gasteiger partial charge in [-0.25, -0.2) is 19.7 Å². The molecular formula is C21H24N5O2+. The van der Waals surface area contributed by atoms with Crippen LogP contribution in [0.25, 0.3) is 10.9 Å². The first-order valence-electron chi connectivity index (χ1n) is 9.49. The number of hydrogen-bond donors (Lipinski definition) is 1. The zero-order valence-corrected chi connectivity index (χ0v) is 16.2. The summed E-state index contributed by atoms with van der Waals surface area (Å²) in [5, 5.41) is 0.993. The average molecular weight is 378 g/mol. The van der Waals surface area contributed by atoms with E-state index in [-0.39, 0.29) is 5.97 Å². The van der Waals surface area contributed by atoms with Crippen LogP contribution in [0.1, 0.15) is 21.6 Å². The van der Waals surface area contributed by atoms with Gasteiger partial charge in [0.1, 0.15) is 12.2 Å². The van der Waals surface area contributed by atoms with E-state index in [1.807, 2.05) is 37.3 Å². The van der Waals surface area contributed by atoms with Crippen molar-refractivity contribution in [3.05, 3.63) is 59.5 Å². The molecule has 28 heavy (non-hydrogen) atoms. The summed E-state index contributed by atoms with van der Waals surface area (Å²) in [7, 11) is 1.42. The third kappa shape index (κ3) is 3.53. The predicted molar refractivity (Wildman–Crippen MR) is 106 cm³/mol. The molecule has 0 bridgehead atoms. The third-order valence-corrected chi connectivity index (χ3v) is 5.34. The van der Waals surface area contributed by atoms with Gasteiger partial charge in [0.2, 0.25) is 5.95 Å². The number of esters is 1. The van der Waals surface area contributed by atoms with Gasteiger partial charge in [-0.2, -0.15) is 0 Å². The zero-order valence-electron chi connectivity index (χ0n) is 16.2. The Labute approximate surface area is 164 Å². The molecule has 7 heteroatoms. The van der Waals surface area contributed by atoms with Crippen LogP contribution in [0.5, 0.6) is 0 Å². The van der Waals surface area contributed by atoms with Crippen LogP contribution >= 0.6 is 0 Å². The van der Waals surface area contributed by atoms with Crippen molar-refractivity contribution in [2.45, 2.75) is 13.5 Å². The van der Waals surface area contributed by atoms with Crippen LogP contribution in [-0.4, -0.2) is 54.2 Å². The average Bonchev–Trinajstić information content (AvgIpc) is 2.75.